The lowest BCUT2D eigenvalue weighted by Crippen LogP contribution is -2.67. The molecule has 0 saturated carbocycles. The Morgan fingerprint density at radius 2 is 2.08 bits per heavy atom. The predicted molar refractivity (Wildman–Crippen MR) is 93.5 cm³/mol. The van der Waals surface area contributed by atoms with Crippen LogP contribution in [0.1, 0.15) is 36.0 Å². The minimum Gasteiger partial charge on any atom is -0.381 e. The summed E-state index contributed by atoms with van der Waals surface area (Å²) in [6.45, 7) is 2.54. The highest BCUT2D eigenvalue weighted by atomic mass is 16.5. The zero-order valence-corrected chi connectivity index (χ0v) is 14.8. The van der Waals surface area contributed by atoms with Crippen LogP contribution in [-0.4, -0.2) is 66.3 Å². The number of hydrogen-bond acceptors (Lipinski definition) is 5. The first-order valence-corrected chi connectivity index (χ1v) is 9.44. The van der Waals surface area contributed by atoms with Crippen LogP contribution in [0.3, 0.4) is 0 Å². The summed E-state index contributed by atoms with van der Waals surface area (Å²) in [7, 11) is 0. The molecule has 0 aromatic carbocycles. The molecule has 0 radical (unpaired) electrons. The summed E-state index contributed by atoms with van der Waals surface area (Å²) >= 11 is 0. The fourth-order valence-corrected chi connectivity index (χ4v) is 4.05. The van der Waals surface area contributed by atoms with Gasteiger partial charge in [0.1, 0.15) is 0 Å². The van der Waals surface area contributed by atoms with Crippen molar-refractivity contribution in [3.05, 3.63) is 30.1 Å². The first-order chi connectivity index (χ1) is 12.7. The number of aromatic nitrogens is 1. The van der Waals surface area contributed by atoms with Gasteiger partial charge in [0, 0.05) is 44.6 Å². The fraction of sp³-hybridized carbons (Fsp3) is 0.632. The first kappa shape index (κ1) is 17.4. The molecule has 3 atom stereocenters. The number of pyridine rings is 1. The number of nitrogens with zero attached hydrogens (tertiary/aromatic N) is 2. The van der Waals surface area contributed by atoms with Gasteiger partial charge in [0.2, 0.25) is 5.91 Å². The molecule has 1 N–H and O–H groups in total. The van der Waals surface area contributed by atoms with Gasteiger partial charge in [-0.25, -0.2) is 0 Å². The Morgan fingerprint density at radius 3 is 2.81 bits per heavy atom. The number of likely N-dealkylation sites (tertiary alicyclic amines) is 1. The van der Waals surface area contributed by atoms with Gasteiger partial charge >= 0.3 is 0 Å². The molecule has 2 amide bonds. The quantitative estimate of drug-likeness (QED) is 0.867. The molecular formula is C19H25N3O4. The second-order valence-corrected chi connectivity index (χ2v) is 7.27. The summed E-state index contributed by atoms with van der Waals surface area (Å²) in [6, 6.07) is 3.69. The molecule has 1 aromatic heterocycles. The molecular weight excluding hydrogens is 334 g/mol. The van der Waals surface area contributed by atoms with E-state index in [0.717, 1.165) is 25.7 Å². The third-order valence-corrected chi connectivity index (χ3v) is 5.63. The van der Waals surface area contributed by atoms with Gasteiger partial charge < -0.3 is 19.7 Å². The van der Waals surface area contributed by atoms with Crippen molar-refractivity contribution in [1.29, 1.82) is 0 Å². The topological polar surface area (TPSA) is 80.8 Å². The average Bonchev–Trinajstić information content (AvgIpc) is 2.68. The second-order valence-electron chi connectivity index (χ2n) is 7.27. The average molecular weight is 359 g/mol. The molecule has 4 heterocycles. The highest BCUT2D eigenvalue weighted by molar-refractivity contribution is 5.93. The van der Waals surface area contributed by atoms with Crippen LogP contribution in [0.25, 0.3) is 0 Å². The lowest BCUT2D eigenvalue weighted by molar-refractivity contribution is -0.186. The van der Waals surface area contributed by atoms with Crippen LogP contribution in [0, 0.1) is 5.92 Å². The van der Waals surface area contributed by atoms with Gasteiger partial charge in [-0.15, -0.1) is 0 Å². The fourth-order valence-electron chi connectivity index (χ4n) is 4.05. The molecule has 0 aliphatic carbocycles. The second kappa shape index (κ2) is 7.72. The smallest absolute Gasteiger partial charge is 0.252 e. The van der Waals surface area contributed by atoms with Crippen LogP contribution in [0.4, 0.5) is 0 Å². The maximum Gasteiger partial charge on any atom is 0.252 e. The van der Waals surface area contributed by atoms with Crippen molar-refractivity contribution in [2.24, 2.45) is 5.92 Å². The van der Waals surface area contributed by atoms with E-state index < -0.39 is 0 Å². The van der Waals surface area contributed by atoms with Crippen molar-refractivity contribution in [2.45, 2.75) is 43.9 Å². The predicted octanol–water partition coefficient (Wildman–Crippen LogP) is 0.996. The molecule has 1 aromatic rings. The Kier molecular flexibility index (Phi) is 5.17. The molecule has 140 valence electrons. The number of carbonyl (C=O) groups is 2. The Hall–Kier alpha value is -1.99. The zero-order valence-electron chi connectivity index (χ0n) is 14.8. The lowest BCUT2D eigenvalue weighted by Gasteiger charge is -2.53. The molecule has 3 saturated heterocycles. The number of fused-ring (bicyclic) bond motifs is 1. The van der Waals surface area contributed by atoms with Crippen molar-refractivity contribution in [1.82, 2.24) is 15.2 Å². The van der Waals surface area contributed by atoms with Gasteiger partial charge in [-0.2, -0.15) is 0 Å². The van der Waals surface area contributed by atoms with Crippen LogP contribution in [0.5, 0.6) is 0 Å². The number of carbonyl (C=O) groups excluding carboxylic acids is 2. The van der Waals surface area contributed by atoms with E-state index in [2.05, 4.69) is 10.3 Å². The lowest BCUT2D eigenvalue weighted by atomic mass is 9.87. The molecule has 0 unspecified atom stereocenters. The van der Waals surface area contributed by atoms with Crippen molar-refractivity contribution < 1.29 is 19.1 Å². The van der Waals surface area contributed by atoms with Gasteiger partial charge in [-0.05, 0) is 37.8 Å². The van der Waals surface area contributed by atoms with Crippen LogP contribution in [0.2, 0.25) is 0 Å². The largest absolute Gasteiger partial charge is 0.381 e. The maximum absolute atomic E-state index is 12.6. The Balaban J connectivity index is 1.23. The van der Waals surface area contributed by atoms with Crippen molar-refractivity contribution in [2.75, 3.05) is 26.3 Å². The van der Waals surface area contributed by atoms with Gasteiger partial charge in [0.25, 0.3) is 5.91 Å². The van der Waals surface area contributed by atoms with E-state index in [4.69, 9.17) is 9.47 Å². The highest BCUT2D eigenvalue weighted by Gasteiger charge is 2.47. The Morgan fingerprint density at radius 1 is 1.23 bits per heavy atom. The number of nitrogens with one attached hydrogen (secondary N) is 1. The van der Waals surface area contributed by atoms with E-state index in [0.29, 0.717) is 31.9 Å². The number of amides is 2. The SMILES string of the molecule is O=C(NC[C@H]1CC[C@H]2[C@H](CN2C(=O)C2CCOCC2)O1)c1cccnc1. The molecule has 7 heteroatoms. The summed E-state index contributed by atoms with van der Waals surface area (Å²) in [4.78, 5) is 30.7. The van der Waals surface area contributed by atoms with E-state index in [9.17, 15) is 9.59 Å². The third-order valence-electron chi connectivity index (χ3n) is 5.63. The summed E-state index contributed by atoms with van der Waals surface area (Å²) in [5.74, 6) is 0.247. The van der Waals surface area contributed by atoms with Crippen molar-refractivity contribution in [3.8, 4) is 0 Å². The standard InChI is InChI=1S/C19H25N3O4/c23-18(14-2-1-7-20-10-14)21-11-15-3-4-16-17(26-15)12-22(16)19(24)13-5-8-25-9-6-13/h1-2,7,10,13,15-17H,3-6,8-9,11-12H2,(H,21,23)/t15-,16+,17+/m1/s1. The monoisotopic (exact) mass is 359 g/mol. The molecule has 0 spiro atoms. The summed E-state index contributed by atoms with van der Waals surface area (Å²) in [5.41, 5.74) is 0.554. The minimum absolute atomic E-state index is 0.0113. The van der Waals surface area contributed by atoms with Crippen LogP contribution in [-0.2, 0) is 14.3 Å². The molecule has 3 aliphatic rings. The maximum atomic E-state index is 12.6. The number of hydrogen-bond donors (Lipinski definition) is 1. The van der Waals surface area contributed by atoms with E-state index in [1.807, 2.05) is 4.90 Å². The van der Waals surface area contributed by atoms with E-state index in [1.165, 1.54) is 0 Å². The highest BCUT2D eigenvalue weighted by Crippen LogP contribution is 2.34. The van der Waals surface area contributed by atoms with Crippen LogP contribution < -0.4 is 5.32 Å². The van der Waals surface area contributed by atoms with Crippen LogP contribution >= 0.6 is 0 Å². The molecule has 3 fully saturated rings. The van der Waals surface area contributed by atoms with Crippen LogP contribution in [0.15, 0.2) is 24.5 Å². The normalized spacial score (nSPS) is 28.8. The minimum atomic E-state index is -0.131. The van der Waals surface area contributed by atoms with Crippen molar-refractivity contribution >= 4 is 11.8 Å². The van der Waals surface area contributed by atoms with Gasteiger partial charge in [-0.3, -0.25) is 14.6 Å². The zero-order chi connectivity index (χ0) is 17.9. The van der Waals surface area contributed by atoms with E-state index >= 15 is 0 Å². The molecule has 0 bridgehead atoms. The van der Waals surface area contributed by atoms with E-state index in [1.54, 1.807) is 24.5 Å². The first-order valence-electron chi connectivity index (χ1n) is 9.44. The molecule has 7 nitrogen and oxygen atoms in total. The third kappa shape index (κ3) is 3.59. The van der Waals surface area contributed by atoms with E-state index in [-0.39, 0.29) is 36.0 Å². The molecule has 26 heavy (non-hydrogen) atoms. The van der Waals surface area contributed by atoms with Gasteiger partial charge in [0.05, 0.1) is 23.8 Å². The van der Waals surface area contributed by atoms with Gasteiger partial charge in [0.15, 0.2) is 0 Å². The summed E-state index contributed by atoms with van der Waals surface area (Å²) in [5, 5.41) is 2.92. The number of ether oxygens (including phenoxy) is 2. The molecule has 4 rings (SSSR count). The Labute approximate surface area is 153 Å². The summed E-state index contributed by atoms with van der Waals surface area (Å²) < 4.78 is 11.4. The van der Waals surface area contributed by atoms with Crippen molar-refractivity contribution in [3.63, 3.8) is 0 Å². The number of rotatable bonds is 4. The molecule has 3 aliphatic heterocycles. The van der Waals surface area contributed by atoms with Gasteiger partial charge in [-0.1, -0.05) is 0 Å². The Bertz CT molecular complexity index is 647. The summed E-state index contributed by atoms with van der Waals surface area (Å²) in [6.07, 6.45) is 6.76.